The van der Waals surface area contributed by atoms with Crippen molar-refractivity contribution in [3.05, 3.63) is 0 Å². The van der Waals surface area contributed by atoms with Crippen LogP contribution in [0.1, 0.15) is 40.5 Å². The highest BCUT2D eigenvalue weighted by molar-refractivity contribution is 5.90. The Kier molecular flexibility index (Phi) is 7.25. The Balaban J connectivity index is 2.88. The van der Waals surface area contributed by atoms with E-state index < -0.39 is 42.2 Å². The standard InChI is InChI=1S/C16H28F3N3O3/c1-8(2)11(20)15(25)22-7-5-6-10(22)14(24)21-12(9(3)4)13(23)16(17,18)19/h8-13,23H,5-7,20H2,1-4H3,(H,21,24)/t10-,11-,12-,13?/m0/s1. The van der Waals surface area contributed by atoms with Gasteiger partial charge in [0.15, 0.2) is 6.10 Å². The monoisotopic (exact) mass is 367 g/mol. The van der Waals surface area contributed by atoms with Gasteiger partial charge in [0.05, 0.1) is 12.1 Å². The molecule has 2 amide bonds. The highest BCUT2D eigenvalue weighted by Gasteiger charge is 2.46. The number of hydrogen-bond acceptors (Lipinski definition) is 4. The van der Waals surface area contributed by atoms with Gasteiger partial charge < -0.3 is 21.1 Å². The van der Waals surface area contributed by atoms with Gasteiger partial charge in [0.1, 0.15) is 6.04 Å². The van der Waals surface area contributed by atoms with Crippen molar-refractivity contribution in [2.75, 3.05) is 6.54 Å². The van der Waals surface area contributed by atoms with Crippen LogP contribution in [0.2, 0.25) is 0 Å². The molecule has 1 heterocycles. The van der Waals surface area contributed by atoms with Gasteiger partial charge in [-0.15, -0.1) is 0 Å². The molecule has 9 heteroatoms. The maximum absolute atomic E-state index is 12.8. The molecule has 0 aromatic rings. The summed E-state index contributed by atoms with van der Waals surface area (Å²) in [6, 6.07) is -3.11. The van der Waals surface area contributed by atoms with E-state index >= 15 is 0 Å². The van der Waals surface area contributed by atoms with E-state index in [9.17, 15) is 27.9 Å². The number of aliphatic hydroxyl groups is 1. The predicted molar refractivity (Wildman–Crippen MR) is 86.4 cm³/mol. The fraction of sp³-hybridized carbons (Fsp3) is 0.875. The van der Waals surface area contributed by atoms with E-state index in [1.807, 2.05) is 0 Å². The van der Waals surface area contributed by atoms with Gasteiger partial charge in [0.25, 0.3) is 0 Å². The van der Waals surface area contributed by atoms with Crippen molar-refractivity contribution in [3.8, 4) is 0 Å². The van der Waals surface area contributed by atoms with Crippen molar-refractivity contribution < 1.29 is 27.9 Å². The number of nitrogens with zero attached hydrogens (tertiary/aromatic N) is 1. The van der Waals surface area contributed by atoms with E-state index in [2.05, 4.69) is 5.32 Å². The van der Waals surface area contributed by atoms with Crippen molar-refractivity contribution >= 4 is 11.8 Å². The molecule has 4 N–H and O–H groups in total. The molecule has 1 fully saturated rings. The molecule has 1 saturated heterocycles. The summed E-state index contributed by atoms with van der Waals surface area (Å²) in [4.78, 5) is 26.2. The zero-order valence-electron chi connectivity index (χ0n) is 15.0. The average Bonchev–Trinajstić information content (AvgIpc) is 2.98. The Morgan fingerprint density at radius 2 is 1.76 bits per heavy atom. The molecule has 0 aromatic carbocycles. The number of amides is 2. The lowest BCUT2D eigenvalue weighted by molar-refractivity contribution is -0.215. The minimum Gasteiger partial charge on any atom is -0.382 e. The third-order valence-corrected chi connectivity index (χ3v) is 4.54. The summed E-state index contributed by atoms with van der Waals surface area (Å²) in [7, 11) is 0. The maximum atomic E-state index is 12.8. The second-order valence-electron chi connectivity index (χ2n) is 7.22. The molecule has 1 aliphatic rings. The fourth-order valence-corrected chi connectivity index (χ4v) is 2.85. The second kappa shape index (κ2) is 8.35. The molecule has 0 bridgehead atoms. The molecule has 4 atom stereocenters. The van der Waals surface area contributed by atoms with Gasteiger partial charge in [-0.1, -0.05) is 27.7 Å². The Bertz CT molecular complexity index is 483. The number of halogens is 3. The number of aliphatic hydroxyl groups excluding tert-OH is 1. The molecule has 6 nitrogen and oxygen atoms in total. The van der Waals surface area contributed by atoms with E-state index in [-0.39, 0.29) is 11.8 Å². The zero-order valence-corrected chi connectivity index (χ0v) is 15.0. The summed E-state index contributed by atoms with van der Waals surface area (Å²) in [5.41, 5.74) is 5.85. The molecular formula is C16H28F3N3O3. The third-order valence-electron chi connectivity index (χ3n) is 4.54. The van der Waals surface area contributed by atoms with Crippen LogP contribution in [0.15, 0.2) is 0 Å². The lowest BCUT2D eigenvalue weighted by Gasteiger charge is -2.32. The number of nitrogens with two attached hydrogens (primary N) is 1. The van der Waals surface area contributed by atoms with E-state index in [0.29, 0.717) is 19.4 Å². The van der Waals surface area contributed by atoms with Crippen LogP contribution in [0, 0.1) is 11.8 Å². The lowest BCUT2D eigenvalue weighted by atomic mass is 9.97. The Labute approximate surface area is 145 Å². The first-order valence-electron chi connectivity index (χ1n) is 8.49. The number of likely N-dealkylation sites (tertiary alicyclic amines) is 1. The van der Waals surface area contributed by atoms with Gasteiger partial charge in [-0.25, -0.2) is 0 Å². The van der Waals surface area contributed by atoms with Crippen molar-refractivity contribution in [3.63, 3.8) is 0 Å². The molecule has 0 spiro atoms. The normalized spacial score (nSPS) is 22.2. The maximum Gasteiger partial charge on any atom is 0.416 e. The average molecular weight is 367 g/mol. The molecule has 1 aliphatic heterocycles. The molecule has 0 radical (unpaired) electrons. The first-order valence-corrected chi connectivity index (χ1v) is 8.49. The van der Waals surface area contributed by atoms with Gasteiger partial charge >= 0.3 is 6.18 Å². The van der Waals surface area contributed by atoms with Crippen molar-refractivity contribution in [1.29, 1.82) is 0 Å². The van der Waals surface area contributed by atoms with E-state index in [1.165, 1.54) is 18.7 Å². The minimum absolute atomic E-state index is 0.118. The predicted octanol–water partition coefficient (Wildman–Crippen LogP) is 1.02. The second-order valence-corrected chi connectivity index (χ2v) is 7.22. The molecule has 25 heavy (non-hydrogen) atoms. The molecule has 0 aromatic heterocycles. The van der Waals surface area contributed by atoms with E-state index in [4.69, 9.17) is 5.73 Å². The van der Waals surface area contributed by atoms with Gasteiger partial charge in [-0.2, -0.15) is 13.2 Å². The van der Waals surface area contributed by atoms with E-state index in [1.54, 1.807) is 13.8 Å². The first kappa shape index (κ1) is 21.7. The van der Waals surface area contributed by atoms with E-state index in [0.717, 1.165) is 0 Å². The Hall–Kier alpha value is -1.35. The van der Waals surface area contributed by atoms with Crippen LogP contribution in [0.3, 0.4) is 0 Å². The highest BCUT2D eigenvalue weighted by atomic mass is 19.4. The molecule has 1 unspecified atom stereocenters. The number of hydrogen-bond donors (Lipinski definition) is 3. The van der Waals surface area contributed by atoms with Crippen LogP contribution >= 0.6 is 0 Å². The summed E-state index contributed by atoms with van der Waals surface area (Å²) in [6.45, 7) is 6.86. The zero-order chi connectivity index (χ0) is 19.5. The lowest BCUT2D eigenvalue weighted by Crippen LogP contribution is -2.58. The Morgan fingerprint density at radius 3 is 2.20 bits per heavy atom. The summed E-state index contributed by atoms with van der Waals surface area (Å²) >= 11 is 0. The molecule has 1 rings (SSSR count). The van der Waals surface area contributed by atoms with Crippen molar-refractivity contribution in [1.82, 2.24) is 10.2 Å². The van der Waals surface area contributed by atoms with Crippen LogP contribution in [0.25, 0.3) is 0 Å². The fourth-order valence-electron chi connectivity index (χ4n) is 2.85. The van der Waals surface area contributed by atoms with Crippen molar-refractivity contribution in [2.24, 2.45) is 17.6 Å². The molecule has 0 aliphatic carbocycles. The van der Waals surface area contributed by atoms with Crippen LogP contribution in [-0.4, -0.2) is 58.8 Å². The molecule has 146 valence electrons. The summed E-state index contributed by atoms with van der Waals surface area (Å²) in [5.74, 6) is -1.83. The minimum atomic E-state index is -4.84. The van der Waals surface area contributed by atoms with Crippen LogP contribution in [0.4, 0.5) is 13.2 Å². The topological polar surface area (TPSA) is 95.7 Å². The Morgan fingerprint density at radius 1 is 1.20 bits per heavy atom. The van der Waals surface area contributed by atoms with Crippen LogP contribution in [-0.2, 0) is 9.59 Å². The number of carbonyl (C=O) groups excluding carboxylic acids is 2. The summed E-state index contributed by atoms with van der Waals surface area (Å²) in [6.07, 6.45) is -6.58. The number of carbonyl (C=O) groups is 2. The molecule has 0 saturated carbocycles. The first-order chi connectivity index (χ1) is 11.4. The van der Waals surface area contributed by atoms with Gasteiger partial charge in [0.2, 0.25) is 11.8 Å². The van der Waals surface area contributed by atoms with Crippen LogP contribution < -0.4 is 11.1 Å². The number of nitrogens with one attached hydrogen (secondary N) is 1. The smallest absolute Gasteiger partial charge is 0.382 e. The quantitative estimate of drug-likeness (QED) is 0.653. The third kappa shape index (κ3) is 5.31. The highest BCUT2D eigenvalue weighted by Crippen LogP contribution is 2.26. The largest absolute Gasteiger partial charge is 0.416 e. The summed E-state index contributed by atoms with van der Waals surface area (Å²) < 4.78 is 38.4. The number of alkyl halides is 3. The molecular weight excluding hydrogens is 339 g/mol. The van der Waals surface area contributed by atoms with Gasteiger partial charge in [-0.3, -0.25) is 9.59 Å². The van der Waals surface area contributed by atoms with Gasteiger partial charge in [0, 0.05) is 6.54 Å². The van der Waals surface area contributed by atoms with Crippen LogP contribution in [0.5, 0.6) is 0 Å². The van der Waals surface area contributed by atoms with Crippen molar-refractivity contribution in [2.45, 2.75) is 70.9 Å². The number of rotatable bonds is 6. The van der Waals surface area contributed by atoms with Gasteiger partial charge in [-0.05, 0) is 24.7 Å². The SMILES string of the molecule is CC(C)[C@H](NC(=O)[C@@H]1CCCN1C(=O)[C@@H](N)C(C)C)C(O)C(F)(F)F. The summed E-state index contributed by atoms with van der Waals surface area (Å²) in [5, 5.41) is 11.8.